The second-order valence-corrected chi connectivity index (χ2v) is 4.07. The van der Waals surface area contributed by atoms with E-state index in [0.717, 1.165) is 12.2 Å². The largest absolute Gasteiger partial charge is 0.396 e. The van der Waals surface area contributed by atoms with Gasteiger partial charge in [-0.25, -0.2) is 0 Å². The molecule has 4 heteroatoms. The number of aliphatic hydroxyl groups excluding tert-OH is 1. The molecule has 0 spiro atoms. The highest BCUT2D eigenvalue weighted by molar-refractivity contribution is 5.99. The van der Waals surface area contributed by atoms with Crippen LogP contribution in [-0.4, -0.2) is 30.7 Å². The van der Waals surface area contributed by atoms with Crippen molar-refractivity contribution in [2.45, 2.75) is 13.8 Å². The molecular weight excluding hydrogens is 216 g/mol. The molecule has 1 rings (SSSR count). The molecule has 3 N–H and O–H groups in total. The summed E-state index contributed by atoms with van der Waals surface area (Å²) in [5.41, 5.74) is 1.48. The van der Waals surface area contributed by atoms with Crippen molar-refractivity contribution in [1.82, 2.24) is 5.32 Å². The first-order chi connectivity index (χ1) is 8.19. The third-order valence-corrected chi connectivity index (χ3v) is 2.46. The summed E-state index contributed by atoms with van der Waals surface area (Å²) < 4.78 is 0. The van der Waals surface area contributed by atoms with Gasteiger partial charge in [0.1, 0.15) is 0 Å². The van der Waals surface area contributed by atoms with Gasteiger partial charge in [-0.2, -0.15) is 0 Å². The van der Waals surface area contributed by atoms with Gasteiger partial charge in [-0.1, -0.05) is 19.1 Å². The van der Waals surface area contributed by atoms with Gasteiger partial charge in [-0.15, -0.1) is 0 Å². The van der Waals surface area contributed by atoms with Crippen LogP contribution in [0.15, 0.2) is 24.3 Å². The number of nitrogens with one attached hydrogen (secondary N) is 2. The van der Waals surface area contributed by atoms with Crippen LogP contribution in [0.2, 0.25) is 0 Å². The molecule has 0 fully saturated rings. The lowest BCUT2D eigenvalue weighted by Gasteiger charge is -2.12. The van der Waals surface area contributed by atoms with Crippen molar-refractivity contribution < 1.29 is 9.90 Å². The predicted octanol–water partition coefficient (Wildman–Crippen LogP) is 1.48. The van der Waals surface area contributed by atoms with E-state index < -0.39 is 0 Å². The third-order valence-electron chi connectivity index (χ3n) is 2.46. The Hall–Kier alpha value is -1.55. The van der Waals surface area contributed by atoms with Crippen molar-refractivity contribution >= 4 is 11.6 Å². The Morgan fingerprint density at radius 1 is 1.41 bits per heavy atom. The highest BCUT2D eigenvalue weighted by atomic mass is 16.3. The molecule has 0 saturated heterocycles. The zero-order valence-electron chi connectivity index (χ0n) is 10.4. The average Bonchev–Trinajstić information content (AvgIpc) is 2.36. The summed E-state index contributed by atoms with van der Waals surface area (Å²) in [6, 6.07) is 7.40. The van der Waals surface area contributed by atoms with Crippen LogP contribution in [-0.2, 0) is 0 Å². The normalized spacial score (nSPS) is 11.9. The van der Waals surface area contributed by atoms with E-state index in [4.69, 9.17) is 5.11 Å². The number of amides is 1. The fraction of sp³-hybridized carbons (Fsp3) is 0.462. The highest BCUT2D eigenvalue weighted by Crippen LogP contribution is 2.14. The van der Waals surface area contributed by atoms with Gasteiger partial charge < -0.3 is 15.7 Å². The first-order valence-corrected chi connectivity index (χ1v) is 5.91. The second kappa shape index (κ2) is 6.91. The standard InChI is InChI=1S/C13H20N2O2/c1-3-14-12-7-5-4-6-11(12)13(17)15-8-10(2)9-16/h4-7,10,14,16H,3,8-9H2,1-2H3,(H,15,17). The Labute approximate surface area is 102 Å². The lowest BCUT2D eigenvalue weighted by atomic mass is 10.1. The summed E-state index contributed by atoms with van der Waals surface area (Å²) in [6.07, 6.45) is 0. The number of carbonyl (C=O) groups is 1. The molecule has 0 aliphatic heterocycles. The van der Waals surface area contributed by atoms with Crippen LogP contribution >= 0.6 is 0 Å². The van der Waals surface area contributed by atoms with Gasteiger partial charge in [0.25, 0.3) is 5.91 Å². The molecule has 0 bridgehead atoms. The lowest BCUT2D eigenvalue weighted by Crippen LogP contribution is -2.30. The summed E-state index contributed by atoms with van der Waals surface area (Å²) in [7, 11) is 0. The molecule has 17 heavy (non-hydrogen) atoms. The first kappa shape index (κ1) is 13.5. The number of benzene rings is 1. The summed E-state index contributed by atoms with van der Waals surface area (Å²) in [4.78, 5) is 11.9. The van der Waals surface area contributed by atoms with Gasteiger partial charge in [0.15, 0.2) is 0 Å². The quantitative estimate of drug-likeness (QED) is 0.701. The van der Waals surface area contributed by atoms with E-state index in [1.54, 1.807) is 6.07 Å². The van der Waals surface area contributed by atoms with Crippen molar-refractivity contribution in [3.63, 3.8) is 0 Å². The fourth-order valence-corrected chi connectivity index (χ4v) is 1.45. The Kier molecular flexibility index (Phi) is 5.49. The van der Waals surface area contributed by atoms with Crippen molar-refractivity contribution in [3.05, 3.63) is 29.8 Å². The minimum absolute atomic E-state index is 0.0743. The SMILES string of the molecule is CCNc1ccccc1C(=O)NCC(C)CO. The van der Waals surface area contributed by atoms with E-state index in [1.165, 1.54) is 0 Å². The predicted molar refractivity (Wildman–Crippen MR) is 69.2 cm³/mol. The number of carbonyl (C=O) groups excluding carboxylic acids is 1. The van der Waals surface area contributed by atoms with Crippen molar-refractivity contribution in [3.8, 4) is 0 Å². The van der Waals surface area contributed by atoms with Gasteiger partial charge in [0.05, 0.1) is 5.56 Å². The molecule has 0 heterocycles. The minimum Gasteiger partial charge on any atom is -0.396 e. The number of hydrogen-bond acceptors (Lipinski definition) is 3. The van der Waals surface area contributed by atoms with Gasteiger partial charge in [-0.05, 0) is 25.0 Å². The molecule has 1 aromatic rings. The van der Waals surface area contributed by atoms with Gasteiger partial charge >= 0.3 is 0 Å². The molecule has 0 aliphatic rings. The molecule has 94 valence electrons. The number of anilines is 1. The number of aliphatic hydroxyl groups is 1. The topological polar surface area (TPSA) is 61.4 Å². The van der Waals surface area contributed by atoms with Gasteiger partial charge in [0, 0.05) is 25.4 Å². The molecular formula is C13H20N2O2. The molecule has 1 unspecified atom stereocenters. The van der Waals surface area contributed by atoms with E-state index in [-0.39, 0.29) is 18.4 Å². The zero-order chi connectivity index (χ0) is 12.7. The van der Waals surface area contributed by atoms with Crippen LogP contribution in [0.5, 0.6) is 0 Å². The molecule has 1 amide bonds. The first-order valence-electron chi connectivity index (χ1n) is 5.91. The Morgan fingerprint density at radius 2 is 2.12 bits per heavy atom. The third kappa shape index (κ3) is 4.07. The summed E-state index contributed by atoms with van der Waals surface area (Å²) in [5, 5.41) is 14.9. The van der Waals surface area contributed by atoms with E-state index in [1.807, 2.05) is 32.0 Å². The van der Waals surface area contributed by atoms with Crippen LogP contribution in [0.1, 0.15) is 24.2 Å². The number of para-hydroxylation sites is 1. The van der Waals surface area contributed by atoms with Crippen molar-refractivity contribution in [2.24, 2.45) is 5.92 Å². The summed E-state index contributed by atoms with van der Waals surface area (Å²) in [6.45, 7) is 5.21. The van der Waals surface area contributed by atoms with Crippen LogP contribution in [0.3, 0.4) is 0 Å². The van der Waals surface area contributed by atoms with Crippen LogP contribution in [0.4, 0.5) is 5.69 Å². The second-order valence-electron chi connectivity index (χ2n) is 4.07. The summed E-state index contributed by atoms with van der Waals surface area (Å²) >= 11 is 0. The summed E-state index contributed by atoms with van der Waals surface area (Å²) in [5.74, 6) is -0.0351. The molecule has 0 radical (unpaired) electrons. The molecule has 0 aromatic heterocycles. The zero-order valence-corrected chi connectivity index (χ0v) is 10.4. The highest BCUT2D eigenvalue weighted by Gasteiger charge is 2.10. The maximum atomic E-state index is 11.9. The van der Waals surface area contributed by atoms with Crippen molar-refractivity contribution in [1.29, 1.82) is 0 Å². The van der Waals surface area contributed by atoms with Gasteiger partial charge in [-0.3, -0.25) is 4.79 Å². The van der Waals surface area contributed by atoms with Crippen LogP contribution < -0.4 is 10.6 Å². The molecule has 0 saturated carbocycles. The molecule has 0 aliphatic carbocycles. The Morgan fingerprint density at radius 3 is 2.76 bits per heavy atom. The molecule has 4 nitrogen and oxygen atoms in total. The fourth-order valence-electron chi connectivity index (χ4n) is 1.45. The van der Waals surface area contributed by atoms with Gasteiger partial charge in [0.2, 0.25) is 0 Å². The maximum absolute atomic E-state index is 11.9. The Balaban J connectivity index is 2.67. The minimum atomic E-state index is -0.109. The van der Waals surface area contributed by atoms with E-state index >= 15 is 0 Å². The van der Waals surface area contributed by atoms with Crippen molar-refractivity contribution in [2.75, 3.05) is 25.0 Å². The molecule has 1 atom stereocenters. The van der Waals surface area contributed by atoms with Crippen LogP contribution in [0.25, 0.3) is 0 Å². The smallest absolute Gasteiger partial charge is 0.253 e. The number of rotatable bonds is 6. The number of hydrogen-bond donors (Lipinski definition) is 3. The van der Waals surface area contributed by atoms with Crippen LogP contribution in [0, 0.1) is 5.92 Å². The van der Waals surface area contributed by atoms with E-state index in [9.17, 15) is 4.79 Å². The Bertz CT molecular complexity index is 366. The monoisotopic (exact) mass is 236 g/mol. The van der Waals surface area contributed by atoms with E-state index in [2.05, 4.69) is 10.6 Å². The lowest BCUT2D eigenvalue weighted by molar-refractivity contribution is 0.0943. The molecule has 1 aromatic carbocycles. The average molecular weight is 236 g/mol. The maximum Gasteiger partial charge on any atom is 0.253 e. The van der Waals surface area contributed by atoms with E-state index in [0.29, 0.717) is 12.1 Å².